The van der Waals surface area contributed by atoms with Crippen molar-refractivity contribution in [2.45, 2.75) is 31.6 Å². The van der Waals surface area contributed by atoms with Crippen molar-refractivity contribution in [1.82, 2.24) is 4.90 Å². The van der Waals surface area contributed by atoms with Gasteiger partial charge < -0.3 is 0 Å². The van der Waals surface area contributed by atoms with Gasteiger partial charge in [0.1, 0.15) is 5.78 Å². The van der Waals surface area contributed by atoms with Crippen LogP contribution in [0, 0.1) is 0 Å². The molecule has 0 N–H and O–H groups in total. The minimum Gasteiger partial charge on any atom is -0.300 e. The zero-order valence-corrected chi connectivity index (χ0v) is 8.69. The highest BCUT2D eigenvalue weighted by Crippen LogP contribution is 2.23. The lowest BCUT2D eigenvalue weighted by atomic mass is 10.3. The molecule has 0 aromatic carbocycles. The summed E-state index contributed by atoms with van der Waals surface area (Å²) in [6, 6.07) is 0. The fraction of sp³-hybridized carbons (Fsp3) is 0.889. The van der Waals surface area contributed by atoms with Crippen LogP contribution in [0.4, 0.5) is 0 Å². The second-order valence-corrected chi connectivity index (χ2v) is 4.71. The van der Waals surface area contributed by atoms with Crippen LogP contribution in [0.1, 0.15) is 26.2 Å². The summed E-state index contributed by atoms with van der Waals surface area (Å²) in [6.45, 7) is 2.82. The van der Waals surface area contributed by atoms with E-state index in [1.54, 1.807) is 6.92 Å². The standard InChI is InChI=1S/C9H17NOS/c1-8(11)7-9-10(2)5-3-4-6-12-9/h9H,3-7H2,1-2H3. The maximum Gasteiger partial charge on any atom is 0.132 e. The van der Waals surface area contributed by atoms with E-state index in [1.165, 1.54) is 18.6 Å². The van der Waals surface area contributed by atoms with Gasteiger partial charge >= 0.3 is 0 Å². The highest BCUT2D eigenvalue weighted by Gasteiger charge is 2.18. The minimum atomic E-state index is 0.307. The molecular formula is C9H17NOS. The van der Waals surface area contributed by atoms with Gasteiger partial charge in [-0.05, 0) is 39.1 Å². The first-order valence-electron chi connectivity index (χ1n) is 4.51. The Hall–Kier alpha value is -0.0200. The van der Waals surface area contributed by atoms with Gasteiger partial charge in [-0.2, -0.15) is 0 Å². The fourth-order valence-electron chi connectivity index (χ4n) is 1.41. The Kier molecular flexibility index (Phi) is 4.09. The summed E-state index contributed by atoms with van der Waals surface area (Å²) >= 11 is 1.93. The fourth-order valence-corrected chi connectivity index (χ4v) is 2.77. The smallest absolute Gasteiger partial charge is 0.132 e. The van der Waals surface area contributed by atoms with E-state index in [4.69, 9.17) is 0 Å². The molecule has 1 saturated heterocycles. The molecule has 0 aromatic rings. The number of Topliss-reactive ketones (excluding diaryl/α,β-unsaturated/α-hetero) is 1. The average Bonchev–Trinajstić information content (AvgIpc) is 2.16. The molecule has 0 amide bonds. The third-order valence-electron chi connectivity index (χ3n) is 2.17. The third kappa shape index (κ3) is 3.15. The summed E-state index contributed by atoms with van der Waals surface area (Å²) in [5.41, 5.74) is 0. The normalized spacial score (nSPS) is 26.7. The summed E-state index contributed by atoms with van der Waals surface area (Å²) in [4.78, 5) is 13.2. The predicted molar refractivity (Wildman–Crippen MR) is 53.4 cm³/mol. The molecule has 0 radical (unpaired) electrons. The third-order valence-corrected chi connectivity index (χ3v) is 3.60. The molecule has 1 aliphatic rings. The van der Waals surface area contributed by atoms with Crippen LogP contribution < -0.4 is 0 Å². The summed E-state index contributed by atoms with van der Waals surface area (Å²) in [5.74, 6) is 1.52. The van der Waals surface area contributed by atoms with E-state index in [-0.39, 0.29) is 0 Å². The summed E-state index contributed by atoms with van der Waals surface area (Å²) in [5, 5.41) is 0.435. The second-order valence-electron chi connectivity index (χ2n) is 3.42. The van der Waals surface area contributed by atoms with Gasteiger partial charge in [0.2, 0.25) is 0 Å². The van der Waals surface area contributed by atoms with Gasteiger partial charge in [0, 0.05) is 6.42 Å². The Morgan fingerprint density at radius 3 is 3.00 bits per heavy atom. The van der Waals surface area contributed by atoms with Crippen molar-refractivity contribution in [2.24, 2.45) is 0 Å². The van der Waals surface area contributed by atoms with Crippen molar-refractivity contribution in [3.8, 4) is 0 Å². The van der Waals surface area contributed by atoms with Gasteiger partial charge in [0.25, 0.3) is 0 Å². The van der Waals surface area contributed by atoms with Crippen LogP contribution in [-0.4, -0.2) is 35.4 Å². The Bertz CT molecular complexity index is 161. The van der Waals surface area contributed by atoms with Crippen LogP contribution in [0.15, 0.2) is 0 Å². The molecule has 2 nitrogen and oxygen atoms in total. The number of hydrogen-bond acceptors (Lipinski definition) is 3. The lowest BCUT2D eigenvalue weighted by Crippen LogP contribution is -2.30. The zero-order chi connectivity index (χ0) is 8.97. The van der Waals surface area contributed by atoms with Gasteiger partial charge in [0.15, 0.2) is 0 Å². The highest BCUT2D eigenvalue weighted by molar-refractivity contribution is 7.99. The monoisotopic (exact) mass is 187 g/mol. The van der Waals surface area contributed by atoms with Crippen LogP contribution in [-0.2, 0) is 4.79 Å². The van der Waals surface area contributed by atoms with Crippen LogP contribution in [0.25, 0.3) is 0 Å². The molecule has 0 spiro atoms. The molecule has 1 heterocycles. The van der Waals surface area contributed by atoms with Gasteiger partial charge in [0.05, 0.1) is 5.37 Å². The van der Waals surface area contributed by atoms with E-state index >= 15 is 0 Å². The Labute approximate surface area is 78.7 Å². The maximum atomic E-state index is 10.9. The van der Waals surface area contributed by atoms with Crippen molar-refractivity contribution in [3.63, 3.8) is 0 Å². The molecule has 1 atom stereocenters. The van der Waals surface area contributed by atoms with Crippen LogP contribution in [0.3, 0.4) is 0 Å². The molecule has 0 bridgehead atoms. The SMILES string of the molecule is CC(=O)CC1SCCCCN1C. The molecule has 1 unspecified atom stereocenters. The highest BCUT2D eigenvalue weighted by atomic mass is 32.2. The van der Waals surface area contributed by atoms with E-state index in [0.717, 1.165) is 6.54 Å². The van der Waals surface area contributed by atoms with Gasteiger partial charge in [-0.15, -0.1) is 11.8 Å². The van der Waals surface area contributed by atoms with Crippen molar-refractivity contribution in [2.75, 3.05) is 19.3 Å². The van der Waals surface area contributed by atoms with E-state index in [0.29, 0.717) is 17.6 Å². The molecule has 0 aliphatic carbocycles. The summed E-state index contributed by atoms with van der Waals surface area (Å²) in [6.07, 6.45) is 3.28. The molecule has 12 heavy (non-hydrogen) atoms. The van der Waals surface area contributed by atoms with Gasteiger partial charge in [-0.1, -0.05) is 0 Å². The van der Waals surface area contributed by atoms with E-state index in [9.17, 15) is 4.79 Å². The predicted octanol–water partition coefficient (Wildman–Crippen LogP) is 1.75. The Morgan fingerprint density at radius 1 is 1.58 bits per heavy atom. The average molecular weight is 187 g/mol. The van der Waals surface area contributed by atoms with Crippen LogP contribution >= 0.6 is 11.8 Å². The molecule has 1 aliphatic heterocycles. The number of carbonyl (C=O) groups excluding carboxylic acids is 1. The first-order valence-corrected chi connectivity index (χ1v) is 5.56. The molecule has 0 saturated carbocycles. The number of ketones is 1. The molecule has 3 heteroatoms. The number of rotatable bonds is 2. The topological polar surface area (TPSA) is 20.3 Å². The summed E-state index contributed by atoms with van der Waals surface area (Å²) < 4.78 is 0. The lowest BCUT2D eigenvalue weighted by Gasteiger charge is -2.23. The number of nitrogens with zero attached hydrogens (tertiary/aromatic N) is 1. The summed E-state index contributed by atoms with van der Waals surface area (Å²) in [7, 11) is 2.12. The van der Waals surface area contributed by atoms with Crippen LogP contribution in [0.2, 0.25) is 0 Å². The quantitative estimate of drug-likeness (QED) is 0.657. The maximum absolute atomic E-state index is 10.9. The molecule has 0 aromatic heterocycles. The first kappa shape index (κ1) is 10.1. The number of carbonyl (C=O) groups is 1. The van der Waals surface area contributed by atoms with E-state index < -0.39 is 0 Å². The Morgan fingerprint density at radius 2 is 2.33 bits per heavy atom. The van der Waals surface area contributed by atoms with Crippen molar-refractivity contribution in [1.29, 1.82) is 0 Å². The van der Waals surface area contributed by atoms with E-state index in [1.807, 2.05) is 11.8 Å². The zero-order valence-electron chi connectivity index (χ0n) is 7.88. The largest absolute Gasteiger partial charge is 0.300 e. The second kappa shape index (κ2) is 4.87. The lowest BCUT2D eigenvalue weighted by molar-refractivity contribution is -0.117. The number of thioether (sulfide) groups is 1. The molecule has 70 valence electrons. The molecular weight excluding hydrogens is 170 g/mol. The van der Waals surface area contributed by atoms with Crippen molar-refractivity contribution in [3.05, 3.63) is 0 Å². The van der Waals surface area contributed by atoms with Gasteiger partial charge in [-0.25, -0.2) is 0 Å². The van der Waals surface area contributed by atoms with Crippen molar-refractivity contribution >= 4 is 17.5 Å². The number of hydrogen-bond donors (Lipinski definition) is 0. The van der Waals surface area contributed by atoms with Crippen molar-refractivity contribution < 1.29 is 4.79 Å². The van der Waals surface area contributed by atoms with E-state index in [2.05, 4.69) is 11.9 Å². The van der Waals surface area contributed by atoms with Gasteiger partial charge in [-0.3, -0.25) is 9.69 Å². The van der Waals surface area contributed by atoms with Crippen LogP contribution in [0.5, 0.6) is 0 Å². The molecule has 1 fully saturated rings. The first-order chi connectivity index (χ1) is 5.70. The molecule has 1 rings (SSSR count). The Balaban J connectivity index is 2.41. The minimum absolute atomic E-state index is 0.307.